The van der Waals surface area contributed by atoms with Gasteiger partial charge in [0.25, 0.3) is 0 Å². The zero-order chi connectivity index (χ0) is 15.0. The molecule has 9 heteroatoms. The Morgan fingerprint density at radius 1 is 1.30 bits per heavy atom. The van der Waals surface area contributed by atoms with Crippen molar-refractivity contribution < 1.29 is 22.7 Å². The summed E-state index contributed by atoms with van der Waals surface area (Å²) in [5, 5.41) is 4.98. The molecule has 0 aliphatic heterocycles. The van der Waals surface area contributed by atoms with Crippen molar-refractivity contribution in [1.82, 2.24) is 10.6 Å². The van der Waals surface area contributed by atoms with Gasteiger partial charge >= 0.3 is 12.2 Å². The number of urea groups is 1. The Balaban J connectivity index is 2.00. The molecule has 1 heterocycles. The molecule has 0 aliphatic rings. The van der Waals surface area contributed by atoms with E-state index >= 15 is 0 Å². The maximum absolute atomic E-state index is 11.7. The SMILES string of the molecule is O=C(NCCOCC(F)(F)F)NCCc1ccc(Cl)s1. The van der Waals surface area contributed by atoms with Crippen molar-refractivity contribution in [3.05, 3.63) is 21.3 Å². The van der Waals surface area contributed by atoms with Gasteiger partial charge < -0.3 is 15.4 Å². The van der Waals surface area contributed by atoms with E-state index in [0.29, 0.717) is 17.3 Å². The molecule has 0 fully saturated rings. The van der Waals surface area contributed by atoms with Gasteiger partial charge in [0.2, 0.25) is 0 Å². The monoisotopic (exact) mass is 330 g/mol. The molecule has 2 N–H and O–H groups in total. The highest BCUT2D eigenvalue weighted by Gasteiger charge is 2.27. The van der Waals surface area contributed by atoms with Crippen LogP contribution in [0.5, 0.6) is 0 Å². The highest BCUT2D eigenvalue weighted by Crippen LogP contribution is 2.21. The minimum atomic E-state index is -4.34. The Kier molecular flexibility index (Phi) is 7.11. The topological polar surface area (TPSA) is 50.4 Å². The zero-order valence-corrected chi connectivity index (χ0v) is 12.0. The first-order valence-corrected chi connectivity index (χ1v) is 6.97. The van der Waals surface area contributed by atoms with Crippen molar-refractivity contribution in [3.8, 4) is 0 Å². The largest absolute Gasteiger partial charge is 0.411 e. The lowest BCUT2D eigenvalue weighted by atomic mass is 10.3. The number of amides is 2. The van der Waals surface area contributed by atoms with E-state index < -0.39 is 18.8 Å². The van der Waals surface area contributed by atoms with E-state index in [1.807, 2.05) is 6.07 Å². The first kappa shape index (κ1) is 17.1. The summed E-state index contributed by atoms with van der Waals surface area (Å²) in [6.45, 7) is -1.05. The summed E-state index contributed by atoms with van der Waals surface area (Å²) in [6, 6.07) is 3.21. The van der Waals surface area contributed by atoms with Gasteiger partial charge in [-0.25, -0.2) is 4.79 Å². The van der Waals surface area contributed by atoms with E-state index in [2.05, 4.69) is 15.4 Å². The molecule has 0 aromatic carbocycles. The quantitative estimate of drug-likeness (QED) is 0.755. The van der Waals surface area contributed by atoms with Gasteiger partial charge in [-0.3, -0.25) is 0 Å². The van der Waals surface area contributed by atoms with E-state index in [9.17, 15) is 18.0 Å². The molecule has 1 aromatic heterocycles. The minimum absolute atomic E-state index is 0.0206. The molecule has 1 rings (SSSR count). The second-order valence-electron chi connectivity index (χ2n) is 3.81. The number of rotatable bonds is 7. The van der Waals surface area contributed by atoms with Crippen LogP contribution in [0.4, 0.5) is 18.0 Å². The van der Waals surface area contributed by atoms with Crippen molar-refractivity contribution in [2.45, 2.75) is 12.6 Å². The molecule has 0 atom stereocenters. The average Bonchev–Trinajstić information content (AvgIpc) is 2.73. The predicted octanol–water partition coefficient (Wildman–Crippen LogP) is 2.82. The van der Waals surface area contributed by atoms with Crippen LogP contribution in [-0.4, -0.2) is 38.5 Å². The molecule has 0 aliphatic carbocycles. The maximum Gasteiger partial charge on any atom is 0.411 e. The van der Waals surface area contributed by atoms with Crippen molar-refractivity contribution in [3.63, 3.8) is 0 Å². The number of nitrogens with one attached hydrogen (secondary N) is 2. The Morgan fingerprint density at radius 3 is 2.60 bits per heavy atom. The van der Waals surface area contributed by atoms with E-state index in [1.54, 1.807) is 6.07 Å². The molecule has 4 nitrogen and oxygen atoms in total. The van der Waals surface area contributed by atoms with E-state index in [0.717, 1.165) is 4.88 Å². The summed E-state index contributed by atoms with van der Waals surface area (Å²) < 4.78 is 40.2. The summed E-state index contributed by atoms with van der Waals surface area (Å²) in [5.74, 6) is 0. The molecule has 0 bridgehead atoms. The Bertz CT molecular complexity index is 426. The molecular formula is C11H14ClF3N2O2S. The van der Waals surface area contributed by atoms with Crippen LogP contribution in [0.25, 0.3) is 0 Å². The maximum atomic E-state index is 11.7. The smallest absolute Gasteiger partial charge is 0.370 e. The normalized spacial score (nSPS) is 11.4. The zero-order valence-electron chi connectivity index (χ0n) is 10.4. The fraction of sp³-hybridized carbons (Fsp3) is 0.545. The number of carbonyl (C=O) groups is 1. The highest BCUT2D eigenvalue weighted by atomic mass is 35.5. The van der Waals surface area contributed by atoms with Gasteiger partial charge in [0.1, 0.15) is 6.61 Å². The van der Waals surface area contributed by atoms with Crippen LogP contribution in [0.3, 0.4) is 0 Å². The van der Waals surface area contributed by atoms with E-state index in [-0.39, 0.29) is 13.2 Å². The lowest BCUT2D eigenvalue weighted by Crippen LogP contribution is -2.38. The van der Waals surface area contributed by atoms with Gasteiger partial charge in [0, 0.05) is 18.0 Å². The molecule has 0 saturated heterocycles. The van der Waals surface area contributed by atoms with Crippen LogP contribution in [0.15, 0.2) is 12.1 Å². The van der Waals surface area contributed by atoms with E-state index in [4.69, 9.17) is 11.6 Å². The Hall–Kier alpha value is -0.990. The molecular weight excluding hydrogens is 317 g/mol. The van der Waals surface area contributed by atoms with Crippen molar-refractivity contribution in [2.24, 2.45) is 0 Å². The van der Waals surface area contributed by atoms with Crippen molar-refractivity contribution in [1.29, 1.82) is 0 Å². The van der Waals surface area contributed by atoms with Crippen molar-refractivity contribution in [2.75, 3.05) is 26.3 Å². The predicted molar refractivity (Wildman–Crippen MR) is 71.3 cm³/mol. The molecule has 0 unspecified atom stereocenters. The molecule has 114 valence electrons. The van der Waals surface area contributed by atoms with Crippen LogP contribution in [0.1, 0.15) is 4.88 Å². The summed E-state index contributed by atoms with van der Waals surface area (Å²) in [6.07, 6.45) is -3.69. The Morgan fingerprint density at radius 2 is 2.00 bits per heavy atom. The third-order valence-corrected chi connectivity index (χ3v) is 3.37. The number of ether oxygens (including phenoxy) is 1. The van der Waals surface area contributed by atoms with Crippen molar-refractivity contribution >= 4 is 29.0 Å². The van der Waals surface area contributed by atoms with Gasteiger partial charge in [-0.15, -0.1) is 11.3 Å². The first-order valence-electron chi connectivity index (χ1n) is 5.77. The van der Waals surface area contributed by atoms with Crippen LogP contribution >= 0.6 is 22.9 Å². The second-order valence-corrected chi connectivity index (χ2v) is 5.61. The standard InChI is InChI=1S/C11H14ClF3N2O2S/c12-9-2-1-8(20-9)3-4-16-10(18)17-5-6-19-7-11(13,14)15/h1-2H,3-7H2,(H2,16,17,18). The number of hydrogen-bond donors (Lipinski definition) is 2. The molecule has 2 amide bonds. The minimum Gasteiger partial charge on any atom is -0.370 e. The highest BCUT2D eigenvalue weighted by molar-refractivity contribution is 7.16. The fourth-order valence-corrected chi connectivity index (χ4v) is 2.36. The molecule has 20 heavy (non-hydrogen) atoms. The summed E-state index contributed by atoms with van der Waals surface area (Å²) >= 11 is 7.19. The molecule has 0 saturated carbocycles. The van der Waals surface area contributed by atoms with Crippen LogP contribution in [-0.2, 0) is 11.2 Å². The summed E-state index contributed by atoms with van der Waals surface area (Å²) in [7, 11) is 0. The van der Waals surface area contributed by atoms with Crippen LogP contribution < -0.4 is 10.6 Å². The summed E-state index contributed by atoms with van der Waals surface area (Å²) in [4.78, 5) is 12.3. The van der Waals surface area contributed by atoms with Crippen LogP contribution in [0.2, 0.25) is 4.34 Å². The number of carbonyl (C=O) groups excluding carboxylic acids is 1. The molecule has 1 aromatic rings. The lowest BCUT2D eigenvalue weighted by Gasteiger charge is -2.09. The Labute approximate surface area is 123 Å². The van der Waals surface area contributed by atoms with Gasteiger partial charge in [0.15, 0.2) is 0 Å². The number of hydrogen-bond acceptors (Lipinski definition) is 3. The second kappa shape index (κ2) is 8.33. The molecule has 0 spiro atoms. The number of alkyl halides is 3. The molecule has 0 radical (unpaired) electrons. The van der Waals surface area contributed by atoms with E-state index in [1.165, 1.54) is 11.3 Å². The van der Waals surface area contributed by atoms with Gasteiger partial charge in [0.05, 0.1) is 10.9 Å². The third-order valence-electron chi connectivity index (χ3n) is 2.08. The van der Waals surface area contributed by atoms with Crippen LogP contribution in [0, 0.1) is 0 Å². The number of thiophene rings is 1. The van der Waals surface area contributed by atoms with Gasteiger partial charge in [-0.1, -0.05) is 11.6 Å². The van der Waals surface area contributed by atoms with Gasteiger partial charge in [-0.2, -0.15) is 13.2 Å². The lowest BCUT2D eigenvalue weighted by molar-refractivity contribution is -0.173. The third kappa shape index (κ3) is 8.23. The fourth-order valence-electron chi connectivity index (χ4n) is 1.27. The average molecular weight is 331 g/mol. The summed E-state index contributed by atoms with van der Waals surface area (Å²) in [5.41, 5.74) is 0. The van der Waals surface area contributed by atoms with Gasteiger partial charge in [-0.05, 0) is 18.6 Å². The number of halogens is 4. The first-order chi connectivity index (χ1) is 9.37.